The number of aromatic nitrogens is 2. The molecule has 2 rings (SSSR count). The molecule has 1 aliphatic rings. The summed E-state index contributed by atoms with van der Waals surface area (Å²) in [6.07, 6.45) is 5.43. The van der Waals surface area contributed by atoms with E-state index in [2.05, 4.69) is 55.2 Å². The summed E-state index contributed by atoms with van der Waals surface area (Å²) in [5.41, 5.74) is 1.70. The minimum absolute atomic E-state index is 0.405. The van der Waals surface area contributed by atoms with E-state index >= 15 is 0 Å². The second-order valence-corrected chi connectivity index (χ2v) is 6.94. The van der Waals surface area contributed by atoms with E-state index in [-0.39, 0.29) is 0 Å². The number of rotatable bonds is 8. The van der Waals surface area contributed by atoms with Gasteiger partial charge in [-0.15, -0.1) is 0 Å². The Balaban J connectivity index is 2.14. The highest BCUT2D eigenvalue weighted by atomic mass is 15.1. The minimum Gasteiger partial charge on any atom is -0.370 e. The molecular weight excluding hydrogens is 260 g/mol. The molecule has 0 amide bonds. The molecule has 4 heteroatoms. The minimum atomic E-state index is 0.405. The molecule has 0 saturated heterocycles. The summed E-state index contributed by atoms with van der Waals surface area (Å²) in [6.45, 7) is 13.2. The topological polar surface area (TPSA) is 49.8 Å². The van der Waals surface area contributed by atoms with Gasteiger partial charge >= 0.3 is 0 Å². The molecule has 0 atom stereocenters. The first-order chi connectivity index (χ1) is 10.00. The van der Waals surface area contributed by atoms with Crippen molar-refractivity contribution in [3.05, 3.63) is 11.9 Å². The van der Waals surface area contributed by atoms with Gasteiger partial charge in [-0.2, -0.15) is 0 Å². The molecule has 1 aliphatic carbocycles. The molecule has 21 heavy (non-hydrogen) atoms. The molecule has 0 aliphatic heterocycles. The Morgan fingerprint density at radius 3 is 2.19 bits per heavy atom. The van der Waals surface area contributed by atoms with Crippen molar-refractivity contribution in [3.63, 3.8) is 0 Å². The largest absolute Gasteiger partial charge is 0.370 e. The van der Waals surface area contributed by atoms with Gasteiger partial charge < -0.3 is 10.6 Å². The van der Waals surface area contributed by atoms with Crippen LogP contribution in [0.15, 0.2) is 6.33 Å². The van der Waals surface area contributed by atoms with Crippen LogP contribution in [0.25, 0.3) is 0 Å². The van der Waals surface area contributed by atoms with E-state index in [1.807, 2.05) is 0 Å². The van der Waals surface area contributed by atoms with Crippen LogP contribution < -0.4 is 10.6 Å². The zero-order valence-electron chi connectivity index (χ0n) is 14.2. The predicted octanol–water partition coefficient (Wildman–Crippen LogP) is 4.27. The van der Waals surface area contributed by atoms with E-state index in [0.717, 1.165) is 37.1 Å². The summed E-state index contributed by atoms with van der Waals surface area (Å²) in [4.78, 5) is 8.93. The maximum Gasteiger partial charge on any atom is 0.135 e. The van der Waals surface area contributed by atoms with Crippen LogP contribution in [0.4, 0.5) is 11.6 Å². The number of nitrogens with zero attached hydrogens (tertiary/aromatic N) is 2. The fraction of sp³-hybridized carbons (Fsp3) is 0.765. The zero-order chi connectivity index (χ0) is 15.5. The van der Waals surface area contributed by atoms with Gasteiger partial charge in [0.2, 0.25) is 0 Å². The molecule has 0 bridgehead atoms. The lowest BCUT2D eigenvalue weighted by Gasteiger charge is -2.23. The Hall–Kier alpha value is -1.32. The molecule has 1 saturated carbocycles. The maximum absolute atomic E-state index is 4.50. The van der Waals surface area contributed by atoms with Crippen molar-refractivity contribution in [1.82, 2.24) is 9.97 Å². The van der Waals surface area contributed by atoms with E-state index in [1.165, 1.54) is 18.4 Å². The van der Waals surface area contributed by atoms with E-state index in [4.69, 9.17) is 0 Å². The summed E-state index contributed by atoms with van der Waals surface area (Å²) >= 11 is 0. The summed E-state index contributed by atoms with van der Waals surface area (Å²) in [7, 11) is 0. The number of hydrogen-bond donors (Lipinski definition) is 2. The Labute approximate surface area is 129 Å². The van der Waals surface area contributed by atoms with Gasteiger partial charge in [-0.25, -0.2) is 9.97 Å². The first-order valence-electron chi connectivity index (χ1n) is 8.33. The second-order valence-electron chi connectivity index (χ2n) is 6.94. The van der Waals surface area contributed by atoms with Crippen molar-refractivity contribution in [2.45, 2.75) is 59.8 Å². The number of nitrogens with one attached hydrogen (secondary N) is 2. The SMILES string of the molecule is CCCNc1ncnc(NCC2(C(C)C)CC2)c1C(C)C. The Morgan fingerprint density at radius 2 is 1.71 bits per heavy atom. The third-order valence-corrected chi connectivity index (χ3v) is 4.73. The van der Waals surface area contributed by atoms with Crippen molar-refractivity contribution >= 4 is 11.6 Å². The monoisotopic (exact) mass is 290 g/mol. The van der Waals surface area contributed by atoms with Crippen LogP contribution in [0.1, 0.15) is 65.4 Å². The van der Waals surface area contributed by atoms with Gasteiger partial charge in [0.25, 0.3) is 0 Å². The number of anilines is 2. The first-order valence-corrected chi connectivity index (χ1v) is 8.33. The molecular formula is C17H30N4. The summed E-state index contributed by atoms with van der Waals surface area (Å²) in [5, 5.41) is 7.03. The zero-order valence-corrected chi connectivity index (χ0v) is 14.2. The van der Waals surface area contributed by atoms with Crippen LogP contribution in [0, 0.1) is 11.3 Å². The van der Waals surface area contributed by atoms with Crippen LogP contribution in [0.3, 0.4) is 0 Å². The van der Waals surface area contributed by atoms with Crippen LogP contribution in [-0.2, 0) is 0 Å². The summed E-state index contributed by atoms with van der Waals surface area (Å²) in [5.74, 6) is 3.12. The standard InChI is InChI=1S/C17H30N4/c1-6-9-18-15-14(12(2)3)16(21-11-20-15)19-10-17(7-8-17)13(4)5/h11-13H,6-10H2,1-5H3,(H2,18,19,20,21). The van der Waals surface area contributed by atoms with E-state index in [9.17, 15) is 0 Å². The molecule has 1 aromatic heterocycles. The summed E-state index contributed by atoms with van der Waals surface area (Å²) < 4.78 is 0. The number of hydrogen-bond acceptors (Lipinski definition) is 4. The van der Waals surface area contributed by atoms with Crippen LogP contribution in [0.2, 0.25) is 0 Å². The van der Waals surface area contributed by atoms with Crippen molar-refractivity contribution in [2.24, 2.45) is 11.3 Å². The molecule has 1 aromatic rings. The van der Waals surface area contributed by atoms with Crippen LogP contribution in [0.5, 0.6) is 0 Å². The molecule has 118 valence electrons. The highest BCUT2D eigenvalue weighted by molar-refractivity contribution is 5.59. The highest BCUT2D eigenvalue weighted by Crippen LogP contribution is 2.51. The fourth-order valence-electron chi connectivity index (χ4n) is 2.85. The Morgan fingerprint density at radius 1 is 1.10 bits per heavy atom. The molecule has 4 nitrogen and oxygen atoms in total. The van der Waals surface area contributed by atoms with Gasteiger partial charge in [-0.05, 0) is 36.5 Å². The third-order valence-electron chi connectivity index (χ3n) is 4.73. The van der Waals surface area contributed by atoms with E-state index in [0.29, 0.717) is 11.3 Å². The average Bonchev–Trinajstić information content (AvgIpc) is 3.23. The van der Waals surface area contributed by atoms with Crippen molar-refractivity contribution in [1.29, 1.82) is 0 Å². The van der Waals surface area contributed by atoms with Gasteiger partial charge in [-0.3, -0.25) is 0 Å². The average molecular weight is 290 g/mol. The van der Waals surface area contributed by atoms with Crippen LogP contribution in [-0.4, -0.2) is 23.1 Å². The third kappa shape index (κ3) is 3.66. The molecule has 1 heterocycles. The Bertz CT molecular complexity index is 464. The van der Waals surface area contributed by atoms with Gasteiger partial charge in [-0.1, -0.05) is 34.6 Å². The second kappa shape index (κ2) is 6.63. The van der Waals surface area contributed by atoms with E-state index in [1.54, 1.807) is 6.33 Å². The van der Waals surface area contributed by atoms with Gasteiger partial charge in [0.05, 0.1) is 0 Å². The molecule has 1 fully saturated rings. The van der Waals surface area contributed by atoms with Crippen molar-refractivity contribution < 1.29 is 0 Å². The van der Waals surface area contributed by atoms with Gasteiger partial charge in [0.1, 0.15) is 18.0 Å². The fourth-order valence-corrected chi connectivity index (χ4v) is 2.85. The Kier molecular flexibility index (Phi) is 5.07. The normalized spacial score (nSPS) is 16.3. The lowest BCUT2D eigenvalue weighted by Crippen LogP contribution is -2.22. The molecule has 0 unspecified atom stereocenters. The molecule has 0 spiro atoms. The lowest BCUT2D eigenvalue weighted by molar-refractivity contribution is 0.379. The maximum atomic E-state index is 4.50. The van der Waals surface area contributed by atoms with E-state index < -0.39 is 0 Å². The molecule has 2 N–H and O–H groups in total. The van der Waals surface area contributed by atoms with Crippen LogP contribution >= 0.6 is 0 Å². The van der Waals surface area contributed by atoms with Crippen molar-refractivity contribution in [2.75, 3.05) is 23.7 Å². The van der Waals surface area contributed by atoms with Crippen molar-refractivity contribution in [3.8, 4) is 0 Å². The first kappa shape index (κ1) is 16.1. The molecule has 0 aromatic carbocycles. The quantitative estimate of drug-likeness (QED) is 0.750. The predicted molar refractivity (Wildman–Crippen MR) is 89.9 cm³/mol. The smallest absolute Gasteiger partial charge is 0.135 e. The molecule has 0 radical (unpaired) electrons. The highest BCUT2D eigenvalue weighted by Gasteiger charge is 2.45. The lowest BCUT2D eigenvalue weighted by atomic mass is 9.92. The summed E-state index contributed by atoms with van der Waals surface area (Å²) in [6, 6.07) is 0. The van der Waals surface area contributed by atoms with Gasteiger partial charge in [0.15, 0.2) is 0 Å². The van der Waals surface area contributed by atoms with Gasteiger partial charge in [0, 0.05) is 18.7 Å².